The number of carbonyl (C=O) groups is 1. The van der Waals surface area contributed by atoms with Gasteiger partial charge >= 0.3 is 5.91 Å². The molecular formula is C9H7FN2O. The Labute approximate surface area is 75.0 Å². The molecule has 0 fully saturated rings. The SMILES string of the molecule is CN(C(=O)C#N)c1ccccc1F. The third-order valence-electron chi connectivity index (χ3n) is 1.61. The first-order chi connectivity index (χ1) is 6.16. The lowest BCUT2D eigenvalue weighted by Gasteiger charge is -2.13. The van der Waals surface area contributed by atoms with Gasteiger partial charge in [-0.1, -0.05) is 12.1 Å². The smallest absolute Gasteiger partial charge is 0.300 e. The van der Waals surface area contributed by atoms with E-state index in [1.165, 1.54) is 31.3 Å². The highest BCUT2D eigenvalue weighted by molar-refractivity contribution is 6.03. The van der Waals surface area contributed by atoms with Gasteiger partial charge in [0.15, 0.2) is 6.07 Å². The fraction of sp³-hybridized carbons (Fsp3) is 0.111. The molecule has 3 nitrogen and oxygen atoms in total. The topological polar surface area (TPSA) is 44.1 Å². The summed E-state index contributed by atoms with van der Waals surface area (Å²) in [4.78, 5) is 11.8. The van der Waals surface area contributed by atoms with Crippen LogP contribution >= 0.6 is 0 Å². The number of hydrogen-bond acceptors (Lipinski definition) is 2. The minimum atomic E-state index is -0.787. The first-order valence-corrected chi connectivity index (χ1v) is 3.59. The highest BCUT2D eigenvalue weighted by atomic mass is 19.1. The highest BCUT2D eigenvalue weighted by Crippen LogP contribution is 2.16. The number of benzene rings is 1. The van der Waals surface area contributed by atoms with E-state index in [9.17, 15) is 9.18 Å². The fourth-order valence-electron chi connectivity index (χ4n) is 0.908. The number of carbonyl (C=O) groups excluding carboxylic acids is 1. The fourth-order valence-corrected chi connectivity index (χ4v) is 0.908. The molecule has 1 rings (SSSR count). The summed E-state index contributed by atoms with van der Waals surface area (Å²) in [6, 6.07) is 7.19. The van der Waals surface area contributed by atoms with Crippen LogP contribution in [0, 0.1) is 17.1 Å². The molecule has 0 saturated heterocycles. The van der Waals surface area contributed by atoms with E-state index in [0.717, 1.165) is 4.90 Å². The summed E-state index contributed by atoms with van der Waals surface area (Å²) in [6.45, 7) is 0. The number of anilines is 1. The summed E-state index contributed by atoms with van der Waals surface area (Å²) >= 11 is 0. The zero-order chi connectivity index (χ0) is 9.84. The zero-order valence-corrected chi connectivity index (χ0v) is 6.99. The highest BCUT2D eigenvalue weighted by Gasteiger charge is 2.12. The van der Waals surface area contributed by atoms with E-state index in [0.29, 0.717) is 0 Å². The maximum absolute atomic E-state index is 13.0. The van der Waals surface area contributed by atoms with Crippen molar-refractivity contribution in [2.75, 3.05) is 11.9 Å². The summed E-state index contributed by atoms with van der Waals surface area (Å²) in [5.74, 6) is -1.31. The molecule has 1 aromatic rings. The zero-order valence-electron chi connectivity index (χ0n) is 6.99. The van der Waals surface area contributed by atoms with Crippen molar-refractivity contribution in [3.8, 4) is 6.07 Å². The first kappa shape index (κ1) is 9.20. The number of rotatable bonds is 1. The van der Waals surface area contributed by atoms with Crippen molar-refractivity contribution in [1.82, 2.24) is 0 Å². The van der Waals surface area contributed by atoms with Crippen LogP contribution in [-0.2, 0) is 4.79 Å². The Bertz CT molecular complexity index is 370. The van der Waals surface area contributed by atoms with Crippen molar-refractivity contribution in [3.05, 3.63) is 30.1 Å². The van der Waals surface area contributed by atoms with Crippen LogP contribution in [0.4, 0.5) is 10.1 Å². The molecule has 0 radical (unpaired) electrons. The number of para-hydroxylation sites is 1. The first-order valence-electron chi connectivity index (χ1n) is 3.59. The predicted molar refractivity (Wildman–Crippen MR) is 45.4 cm³/mol. The maximum Gasteiger partial charge on any atom is 0.329 e. The summed E-state index contributed by atoms with van der Waals surface area (Å²) in [6.07, 6.45) is 0. The molecule has 0 aliphatic heterocycles. The minimum Gasteiger partial charge on any atom is -0.300 e. The Morgan fingerprint density at radius 1 is 1.54 bits per heavy atom. The average molecular weight is 178 g/mol. The van der Waals surface area contributed by atoms with E-state index in [1.54, 1.807) is 6.07 Å². The summed E-state index contributed by atoms with van der Waals surface area (Å²) in [5.41, 5.74) is 0.106. The van der Waals surface area contributed by atoms with Gasteiger partial charge in [0.25, 0.3) is 0 Å². The number of hydrogen-bond donors (Lipinski definition) is 0. The number of amides is 1. The molecule has 66 valence electrons. The molecule has 0 aromatic heterocycles. The monoisotopic (exact) mass is 178 g/mol. The largest absolute Gasteiger partial charge is 0.329 e. The molecule has 1 amide bonds. The molecule has 0 atom stereocenters. The second-order valence-corrected chi connectivity index (χ2v) is 2.43. The van der Waals surface area contributed by atoms with Crippen LogP contribution in [-0.4, -0.2) is 13.0 Å². The predicted octanol–water partition coefficient (Wildman–Crippen LogP) is 1.31. The number of halogens is 1. The van der Waals surface area contributed by atoms with E-state index in [4.69, 9.17) is 5.26 Å². The summed E-state index contributed by atoms with van der Waals surface area (Å²) in [7, 11) is 1.35. The molecule has 4 heteroatoms. The minimum absolute atomic E-state index is 0.106. The van der Waals surface area contributed by atoms with Crippen LogP contribution in [0.5, 0.6) is 0 Å². The lowest BCUT2D eigenvalue weighted by molar-refractivity contribution is -0.113. The van der Waals surface area contributed by atoms with Crippen molar-refractivity contribution in [2.24, 2.45) is 0 Å². The third-order valence-corrected chi connectivity index (χ3v) is 1.61. The van der Waals surface area contributed by atoms with Gasteiger partial charge in [-0.2, -0.15) is 5.26 Å². The van der Waals surface area contributed by atoms with Gasteiger partial charge in [0.2, 0.25) is 0 Å². The second-order valence-electron chi connectivity index (χ2n) is 2.43. The van der Waals surface area contributed by atoms with Gasteiger partial charge < -0.3 is 4.90 Å². The lowest BCUT2D eigenvalue weighted by atomic mass is 10.3. The van der Waals surface area contributed by atoms with Crippen LogP contribution in [0.3, 0.4) is 0 Å². The Hall–Kier alpha value is -1.89. The van der Waals surface area contributed by atoms with Gasteiger partial charge in [0.1, 0.15) is 5.82 Å². The standard InChI is InChI=1S/C9H7FN2O/c1-12(9(13)6-11)8-5-3-2-4-7(8)10/h2-5H,1H3. The van der Waals surface area contributed by atoms with Crippen LogP contribution in [0.25, 0.3) is 0 Å². The summed E-state index contributed by atoms with van der Waals surface area (Å²) < 4.78 is 13.0. The van der Waals surface area contributed by atoms with Crippen molar-refractivity contribution in [2.45, 2.75) is 0 Å². The average Bonchev–Trinajstić information content (AvgIpc) is 2.16. The Morgan fingerprint density at radius 2 is 2.15 bits per heavy atom. The van der Waals surface area contributed by atoms with Crippen molar-refractivity contribution >= 4 is 11.6 Å². The van der Waals surface area contributed by atoms with Crippen LogP contribution in [0.1, 0.15) is 0 Å². The Morgan fingerprint density at radius 3 is 2.69 bits per heavy atom. The molecule has 0 heterocycles. The van der Waals surface area contributed by atoms with E-state index >= 15 is 0 Å². The Kier molecular flexibility index (Phi) is 2.60. The van der Waals surface area contributed by atoms with Crippen LogP contribution in [0.2, 0.25) is 0 Å². The molecule has 0 unspecified atom stereocenters. The van der Waals surface area contributed by atoms with Gasteiger partial charge in [0.05, 0.1) is 5.69 Å². The third kappa shape index (κ3) is 1.82. The van der Waals surface area contributed by atoms with Crippen molar-refractivity contribution in [1.29, 1.82) is 5.26 Å². The molecule has 0 bridgehead atoms. The van der Waals surface area contributed by atoms with Crippen LogP contribution in [0.15, 0.2) is 24.3 Å². The molecule has 0 spiro atoms. The Balaban J connectivity index is 3.03. The van der Waals surface area contributed by atoms with Gasteiger partial charge in [0, 0.05) is 7.05 Å². The van der Waals surface area contributed by atoms with Gasteiger partial charge in [-0.25, -0.2) is 4.39 Å². The lowest BCUT2D eigenvalue weighted by Crippen LogP contribution is -2.25. The molecular weight excluding hydrogens is 171 g/mol. The summed E-state index contributed by atoms with van der Waals surface area (Å²) in [5, 5.41) is 8.29. The van der Waals surface area contributed by atoms with E-state index in [-0.39, 0.29) is 5.69 Å². The maximum atomic E-state index is 13.0. The van der Waals surface area contributed by atoms with Crippen molar-refractivity contribution in [3.63, 3.8) is 0 Å². The quantitative estimate of drug-likeness (QED) is 0.608. The normalized spacial score (nSPS) is 9.00. The van der Waals surface area contributed by atoms with Gasteiger partial charge in [-0.15, -0.1) is 0 Å². The van der Waals surface area contributed by atoms with Gasteiger partial charge in [-0.05, 0) is 12.1 Å². The molecule has 0 saturated carbocycles. The molecule has 0 aliphatic rings. The van der Waals surface area contributed by atoms with E-state index in [1.807, 2.05) is 0 Å². The molecule has 0 N–H and O–H groups in total. The number of nitrogens with zero attached hydrogens (tertiary/aromatic N) is 2. The van der Waals surface area contributed by atoms with Crippen molar-refractivity contribution < 1.29 is 9.18 Å². The molecule has 1 aromatic carbocycles. The van der Waals surface area contributed by atoms with Gasteiger partial charge in [-0.3, -0.25) is 4.79 Å². The van der Waals surface area contributed by atoms with E-state index < -0.39 is 11.7 Å². The molecule has 0 aliphatic carbocycles. The van der Waals surface area contributed by atoms with E-state index in [2.05, 4.69) is 0 Å². The van der Waals surface area contributed by atoms with Crippen LogP contribution < -0.4 is 4.90 Å². The molecule has 13 heavy (non-hydrogen) atoms. The second kappa shape index (κ2) is 3.68. The number of nitriles is 1.